The molecule has 0 aliphatic carbocycles. The number of aromatic nitrogens is 4. The number of aliphatic hydroxyl groups is 1. The number of benzene rings is 1. The lowest BCUT2D eigenvalue weighted by atomic mass is 10.1. The van der Waals surface area contributed by atoms with Gasteiger partial charge >= 0.3 is 0 Å². The topological polar surface area (TPSA) is 98.0 Å². The fourth-order valence-electron chi connectivity index (χ4n) is 1.64. The monoisotopic (exact) mass is 296 g/mol. The minimum absolute atomic E-state index is 0.0425. The van der Waals surface area contributed by atoms with Crippen molar-refractivity contribution in [2.45, 2.75) is 18.5 Å². The molecule has 2 aromatic rings. The van der Waals surface area contributed by atoms with Gasteiger partial charge < -0.3 is 5.11 Å². The summed E-state index contributed by atoms with van der Waals surface area (Å²) in [6, 6.07) is 8.84. The van der Waals surface area contributed by atoms with E-state index in [1.54, 1.807) is 31.2 Å². The lowest BCUT2D eigenvalue weighted by Gasteiger charge is -2.08. The number of hydrogen-bond acceptors (Lipinski definition) is 6. The third kappa shape index (κ3) is 3.20. The molecule has 1 aromatic carbocycles. The molecule has 0 spiro atoms. The van der Waals surface area contributed by atoms with E-state index < -0.39 is 9.84 Å². The number of para-hydroxylation sites is 1. The van der Waals surface area contributed by atoms with E-state index >= 15 is 0 Å². The Balaban J connectivity index is 2.28. The van der Waals surface area contributed by atoms with Crippen molar-refractivity contribution < 1.29 is 13.5 Å². The zero-order valence-corrected chi connectivity index (χ0v) is 11.9. The van der Waals surface area contributed by atoms with Crippen molar-refractivity contribution in [2.75, 3.05) is 12.4 Å². The molecule has 0 radical (unpaired) electrons. The van der Waals surface area contributed by atoms with Gasteiger partial charge in [-0.25, -0.2) is 8.42 Å². The van der Waals surface area contributed by atoms with E-state index in [2.05, 4.69) is 15.5 Å². The molecule has 0 aliphatic heterocycles. The molecule has 1 atom stereocenters. The number of tetrazole rings is 1. The third-order valence-corrected chi connectivity index (χ3v) is 4.49. The summed E-state index contributed by atoms with van der Waals surface area (Å²) in [7, 11) is -3.59. The largest absolute Gasteiger partial charge is 0.396 e. The van der Waals surface area contributed by atoms with Gasteiger partial charge in [-0.05, 0) is 34.9 Å². The van der Waals surface area contributed by atoms with Crippen LogP contribution in [0.5, 0.6) is 0 Å². The molecular weight excluding hydrogens is 280 g/mol. The van der Waals surface area contributed by atoms with Crippen molar-refractivity contribution in [3.8, 4) is 5.69 Å². The average Bonchev–Trinajstić information content (AvgIpc) is 2.96. The predicted octanol–water partition coefficient (Wildman–Crippen LogP) is 0.454. The number of sulfone groups is 1. The minimum atomic E-state index is -3.59. The van der Waals surface area contributed by atoms with E-state index in [9.17, 15) is 8.42 Å². The maximum absolute atomic E-state index is 12.3. The predicted molar refractivity (Wildman–Crippen MR) is 72.1 cm³/mol. The summed E-state index contributed by atoms with van der Waals surface area (Å²) in [5, 5.41) is 19.6. The molecule has 0 saturated heterocycles. The highest BCUT2D eigenvalue weighted by molar-refractivity contribution is 7.91. The quantitative estimate of drug-likeness (QED) is 0.831. The van der Waals surface area contributed by atoms with Gasteiger partial charge in [0.2, 0.25) is 9.84 Å². The average molecular weight is 296 g/mol. The molecule has 8 heteroatoms. The Labute approximate surface area is 117 Å². The number of rotatable bonds is 6. The second kappa shape index (κ2) is 6.10. The van der Waals surface area contributed by atoms with Crippen molar-refractivity contribution in [3.05, 3.63) is 30.3 Å². The summed E-state index contributed by atoms with van der Waals surface area (Å²) in [4.78, 5) is 0. The molecule has 0 fully saturated rings. The van der Waals surface area contributed by atoms with Crippen LogP contribution in [-0.2, 0) is 9.84 Å². The van der Waals surface area contributed by atoms with E-state index in [-0.39, 0.29) is 23.4 Å². The third-order valence-electron chi connectivity index (χ3n) is 2.91. The van der Waals surface area contributed by atoms with Gasteiger partial charge in [0.15, 0.2) is 0 Å². The van der Waals surface area contributed by atoms with Crippen LogP contribution in [0.1, 0.15) is 13.3 Å². The summed E-state index contributed by atoms with van der Waals surface area (Å²) in [6.45, 7) is 1.74. The van der Waals surface area contributed by atoms with Crippen LogP contribution in [-0.4, -0.2) is 46.1 Å². The van der Waals surface area contributed by atoms with Crippen molar-refractivity contribution in [1.29, 1.82) is 0 Å². The van der Waals surface area contributed by atoms with Crippen LogP contribution >= 0.6 is 0 Å². The van der Waals surface area contributed by atoms with Gasteiger partial charge in [0, 0.05) is 6.61 Å². The molecule has 1 aromatic heterocycles. The minimum Gasteiger partial charge on any atom is -0.396 e. The number of aliphatic hydroxyl groups excluding tert-OH is 1. The lowest BCUT2D eigenvalue weighted by Crippen LogP contribution is -2.16. The molecule has 0 aliphatic rings. The van der Waals surface area contributed by atoms with Gasteiger partial charge in [0.25, 0.3) is 5.16 Å². The van der Waals surface area contributed by atoms with E-state index in [1.165, 1.54) is 4.68 Å². The molecule has 1 N–H and O–H groups in total. The SMILES string of the molecule is C[C@H](CO)CCS(=O)(=O)c1nnnn1-c1ccccc1. The Morgan fingerprint density at radius 3 is 2.65 bits per heavy atom. The molecule has 108 valence electrons. The van der Waals surface area contributed by atoms with Gasteiger partial charge in [-0.15, -0.1) is 0 Å². The first kappa shape index (κ1) is 14.6. The second-order valence-corrected chi connectivity index (χ2v) is 6.61. The van der Waals surface area contributed by atoms with Crippen molar-refractivity contribution >= 4 is 9.84 Å². The summed E-state index contributed by atoms with van der Waals surface area (Å²) in [5.41, 5.74) is 0.589. The standard InChI is InChI=1S/C12H16N4O3S/c1-10(9-17)7-8-20(18,19)12-13-14-15-16(12)11-5-3-2-4-6-11/h2-6,10,17H,7-9H2,1H3/t10-/m0/s1. The first-order chi connectivity index (χ1) is 9.54. The summed E-state index contributed by atoms with van der Waals surface area (Å²) in [5.74, 6) is -0.173. The van der Waals surface area contributed by atoms with Crippen LogP contribution in [0.15, 0.2) is 35.5 Å². The Morgan fingerprint density at radius 1 is 1.30 bits per heavy atom. The lowest BCUT2D eigenvalue weighted by molar-refractivity contribution is 0.234. The van der Waals surface area contributed by atoms with Gasteiger partial charge in [-0.2, -0.15) is 4.68 Å². The van der Waals surface area contributed by atoms with E-state index in [4.69, 9.17) is 5.11 Å². The number of nitrogens with zero attached hydrogens (tertiary/aromatic N) is 4. The van der Waals surface area contributed by atoms with Crippen LogP contribution in [0.4, 0.5) is 0 Å². The fourth-order valence-corrected chi connectivity index (χ4v) is 3.10. The summed E-state index contributed by atoms with van der Waals surface area (Å²) < 4.78 is 25.7. The smallest absolute Gasteiger partial charge is 0.272 e. The van der Waals surface area contributed by atoms with Gasteiger partial charge in [0.1, 0.15) is 0 Å². The molecule has 7 nitrogen and oxygen atoms in total. The zero-order valence-electron chi connectivity index (χ0n) is 11.0. The normalized spacial score (nSPS) is 13.3. The molecule has 0 saturated carbocycles. The first-order valence-electron chi connectivity index (χ1n) is 6.22. The number of hydrogen-bond donors (Lipinski definition) is 1. The Bertz CT molecular complexity index is 654. The summed E-state index contributed by atoms with van der Waals surface area (Å²) >= 11 is 0. The second-order valence-electron chi connectivity index (χ2n) is 4.60. The fraction of sp³-hybridized carbons (Fsp3) is 0.417. The Kier molecular flexibility index (Phi) is 4.46. The Morgan fingerprint density at radius 2 is 2.00 bits per heavy atom. The zero-order chi connectivity index (χ0) is 14.6. The van der Waals surface area contributed by atoms with Crippen LogP contribution in [0.2, 0.25) is 0 Å². The molecular formula is C12H16N4O3S. The molecule has 0 unspecified atom stereocenters. The molecule has 0 amide bonds. The summed E-state index contributed by atoms with van der Waals surface area (Å²) in [6.07, 6.45) is 0.362. The van der Waals surface area contributed by atoms with E-state index in [0.717, 1.165) is 0 Å². The van der Waals surface area contributed by atoms with Gasteiger partial charge in [-0.1, -0.05) is 30.2 Å². The highest BCUT2D eigenvalue weighted by atomic mass is 32.2. The van der Waals surface area contributed by atoms with E-state index in [0.29, 0.717) is 12.1 Å². The van der Waals surface area contributed by atoms with Crippen LogP contribution < -0.4 is 0 Å². The highest BCUT2D eigenvalue weighted by Gasteiger charge is 2.24. The van der Waals surface area contributed by atoms with Crippen molar-refractivity contribution in [3.63, 3.8) is 0 Å². The first-order valence-corrected chi connectivity index (χ1v) is 7.87. The van der Waals surface area contributed by atoms with Crippen molar-refractivity contribution in [1.82, 2.24) is 20.2 Å². The highest BCUT2D eigenvalue weighted by Crippen LogP contribution is 2.15. The molecule has 2 rings (SSSR count). The molecule has 1 heterocycles. The van der Waals surface area contributed by atoms with Crippen molar-refractivity contribution in [2.24, 2.45) is 5.92 Å². The van der Waals surface area contributed by atoms with Crippen LogP contribution in [0.3, 0.4) is 0 Å². The van der Waals surface area contributed by atoms with Gasteiger partial charge in [-0.3, -0.25) is 0 Å². The van der Waals surface area contributed by atoms with E-state index in [1.807, 2.05) is 6.07 Å². The maximum atomic E-state index is 12.3. The Hall–Kier alpha value is -1.80. The van der Waals surface area contributed by atoms with Crippen LogP contribution in [0, 0.1) is 5.92 Å². The van der Waals surface area contributed by atoms with Gasteiger partial charge in [0.05, 0.1) is 11.4 Å². The molecule has 20 heavy (non-hydrogen) atoms. The molecule has 0 bridgehead atoms. The maximum Gasteiger partial charge on any atom is 0.272 e. The van der Waals surface area contributed by atoms with Crippen LogP contribution in [0.25, 0.3) is 5.69 Å².